The van der Waals surface area contributed by atoms with E-state index < -0.39 is 12.2 Å². The first kappa shape index (κ1) is 22.4. The number of fused-ring (bicyclic) bond motifs is 1. The zero-order valence-electron chi connectivity index (χ0n) is 19.1. The highest BCUT2D eigenvalue weighted by molar-refractivity contribution is 5.29. The van der Waals surface area contributed by atoms with E-state index in [0.29, 0.717) is 41.6 Å². The Morgan fingerprint density at radius 3 is 2.55 bits per heavy atom. The van der Waals surface area contributed by atoms with Crippen molar-refractivity contribution >= 4 is 0 Å². The van der Waals surface area contributed by atoms with Crippen LogP contribution in [-0.4, -0.2) is 29.0 Å². The van der Waals surface area contributed by atoms with E-state index in [-0.39, 0.29) is 0 Å². The van der Waals surface area contributed by atoms with Gasteiger partial charge in [-0.1, -0.05) is 61.9 Å². The molecular formula is C28H38O3. The molecule has 3 heteroatoms. The second-order valence-electron chi connectivity index (χ2n) is 10.3. The van der Waals surface area contributed by atoms with Crippen LogP contribution in [0.2, 0.25) is 0 Å². The largest absolute Gasteiger partial charge is 0.493 e. The SMILES string of the molecule is C=C1[C@H](O)CC(=C/C=C2\CCCC3(C)C2CC[C@@H]3[C@H](C)COc2ccccc2)C[C@H]1O. The van der Waals surface area contributed by atoms with Crippen LogP contribution in [0.4, 0.5) is 0 Å². The van der Waals surface area contributed by atoms with E-state index in [4.69, 9.17) is 4.74 Å². The molecule has 6 atom stereocenters. The van der Waals surface area contributed by atoms with E-state index in [1.54, 1.807) is 5.57 Å². The molecule has 31 heavy (non-hydrogen) atoms. The highest BCUT2D eigenvalue weighted by Gasteiger charge is 2.50. The maximum Gasteiger partial charge on any atom is 0.119 e. The summed E-state index contributed by atoms with van der Waals surface area (Å²) >= 11 is 0. The van der Waals surface area contributed by atoms with Gasteiger partial charge in [-0.3, -0.25) is 0 Å². The molecule has 1 aromatic carbocycles. The van der Waals surface area contributed by atoms with Crippen LogP contribution in [0.1, 0.15) is 58.8 Å². The average Bonchev–Trinajstić information content (AvgIpc) is 3.12. The Morgan fingerprint density at radius 1 is 1.13 bits per heavy atom. The minimum atomic E-state index is -0.619. The van der Waals surface area contributed by atoms with Crippen molar-refractivity contribution in [3.8, 4) is 5.75 Å². The maximum absolute atomic E-state index is 10.1. The van der Waals surface area contributed by atoms with Crippen molar-refractivity contribution in [2.45, 2.75) is 71.0 Å². The first-order valence-electron chi connectivity index (χ1n) is 12.0. The smallest absolute Gasteiger partial charge is 0.119 e. The number of para-hydroxylation sites is 1. The number of aliphatic hydroxyl groups is 2. The standard InChI is InChI=1S/C28H38O3/c1-19(18-31-23-9-5-4-6-10-23)24-13-14-25-22(8-7-15-28(24,25)3)12-11-21-16-26(29)20(2)27(30)17-21/h4-6,9-12,19,24-27,29-30H,2,7-8,13-18H2,1,3H3/b22-12+/t19-,24-,25?,26-,27-,28?/m1/s1. The molecule has 0 aromatic heterocycles. The Bertz CT molecular complexity index is 823. The van der Waals surface area contributed by atoms with Gasteiger partial charge in [0.1, 0.15) is 5.75 Å². The summed E-state index contributed by atoms with van der Waals surface area (Å²) in [4.78, 5) is 0. The molecule has 3 nitrogen and oxygen atoms in total. The Morgan fingerprint density at radius 2 is 1.84 bits per heavy atom. The number of rotatable bonds is 5. The first-order chi connectivity index (χ1) is 14.9. The van der Waals surface area contributed by atoms with Crippen LogP contribution in [0, 0.1) is 23.2 Å². The van der Waals surface area contributed by atoms with Gasteiger partial charge in [0, 0.05) is 0 Å². The van der Waals surface area contributed by atoms with E-state index in [1.165, 1.54) is 32.1 Å². The van der Waals surface area contributed by atoms with Gasteiger partial charge in [0.15, 0.2) is 0 Å². The van der Waals surface area contributed by atoms with Crippen LogP contribution >= 0.6 is 0 Å². The van der Waals surface area contributed by atoms with Crippen LogP contribution in [0.25, 0.3) is 0 Å². The highest BCUT2D eigenvalue weighted by Crippen LogP contribution is 2.59. The lowest BCUT2D eigenvalue weighted by molar-refractivity contribution is 0.0747. The van der Waals surface area contributed by atoms with Crippen LogP contribution in [0.5, 0.6) is 5.75 Å². The molecule has 168 valence electrons. The van der Waals surface area contributed by atoms with E-state index in [9.17, 15) is 10.2 Å². The van der Waals surface area contributed by atoms with E-state index in [0.717, 1.165) is 17.9 Å². The quantitative estimate of drug-likeness (QED) is 0.586. The predicted molar refractivity (Wildman–Crippen MR) is 126 cm³/mol. The molecule has 1 aromatic rings. The van der Waals surface area contributed by atoms with Gasteiger partial charge in [-0.05, 0) is 85.8 Å². The molecule has 3 saturated carbocycles. The number of allylic oxidation sites excluding steroid dienone is 3. The third-order valence-corrected chi connectivity index (χ3v) is 8.28. The minimum Gasteiger partial charge on any atom is -0.493 e. The van der Waals surface area contributed by atoms with E-state index >= 15 is 0 Å². The first-order valence-corrected chi connectivity index (χ1v) is 12.0. The fourth-order valence-corrected chi connectivity index (χ4v) is 6.50. The third kappa shape index (κ3) is 4.68. The van der Waals surface area contributed by atoms with Gasteiger partial charge in [-0.2, -0.15) is 0 Å². The topological polar surface area (TPSA) is 49.7 Å². The lowest BCUT2D eigenvalue weighted by Crippen LogP contribution is -2.37. The molecular weight excluding hydrogens is 384 g/mol. The summed E-state index contributed by atoms with van der Waals surface area (Å²) in [5.41, 5.74) is 3.59. The molecule has 0 heterocycles. The lowest BCUT2D eigenvalue weighted by atomic mass is 9.61. The van der Waals surface area contributed by atoms with Crippen LogP contribution in [-0.2, 0) is 0 Å². The molecule has 2 N–H and O–H groups in total. The summed E-state index contributed by atoms with van der Waals surface area (Å²) < 4.78 is 6.11. The average molecular weight is 423 g/mol. The van der Waals surface area contributed by atoms with Gasteiger partial charge in [0.2, 0.25) is 0 Å². The second-order valence-corrected chi connectivity index (χ2v) is 10.3. The fourth-order valence-electron chi connectivity index (χ4n) is 6.50. The van der Waals surface area contributed by atoms with Gasteiger partial charge < -0.3 is 14.9 Å². The number of hydrogen-bond donors (Lipinski definition) is 2. The summed E-state index contributed by atoms with van der Waals surface area (Å²) in [7, 11) is 0. The van der Waals surface area contributed by atoms with Crippen LogP contribution < -0.4 is 4.74 Å². The van der Waals surface area contributed by atoms with E-state index in [1.807, 2.05) is 30.3 Å². The molecule has 0 aliphatic heterocycles. The normalized spacial score (nSPS) is 35.7. The fraction of sp³-hybridized carbons (Fsp3) is 0.571. The van der Waals surface area contributed by atoms with Crippen molar-refractivity contribution in [3.63, 3.8) is 0 Å². The van der Waals surface area contributed by atoms with Crippen molar-refractivity contribution in [1.29, 1.82) is 0 Å². The zero-order chi connectivity index (χ0) is 22.0. The van der Waals surface area contributed by atoms with E-state index in [2.05, 4.69) is 32.6 Å². The Balaban J connectivity index is 1.44. The summed E-state index contributed by atoms with van der Waals surface area (Å²) in [6, 6.07) is 10.2. The van der Waals surface area contributed by atoms with Gasteiger partial charge in [-0.15, -0.1) is 0 Å². The Kier molecular flexibility index (Phi) is 6.74. The van der Waals surface area contributed by atoms with Crippen molar-refractivity contribution in [3.05, 3.63) is 65.8 Å². The summed E-state index contributed by atoms with van der Waals surface area (Å²) in [5, 5.41) is 20.3. The molecule has 4 rings (SSSR count). The molecule has 0 saturated heterocycles. The zero-order valence-corrected chi connectivity index (χ0v) is 19.1. The van der Waals surface area contributed by atoms with Gasteiger partial charge in [0.05, 0.1) is 18.8 Å². The summed E-state index contributed by atoms with van der Waals surface area (Å²) in [6.45, 7) is 9.46. The third-order valence-electron chi connectivity index (χ3n) is 8.28. The van der Waals surface area contributed by atoms with Crippen molar-refractivity contribution in [2.24, 2.45) is 23.2 Å². The number of benzene rings is 1. The molecule has 3 fully saturated rings. The highest BCUT2D eigenvalue weighted by atomic mass is 16.5. The van der Waals surface area contributed by atoms with Crippen molar-refractivity contribution in [2.75, 3.05) is 6.61 Å². The molecule has 0 radical (unpaired) electrons. The van der Waals surface area contributed by atoms with Gasteiger partial charge in [-0.25, -0.2) is 0 Å². The molecule has 3 aliphatic carbocycles. The van der Waals surface area contributed by atoms with Crippen molar-refractivity contribution < 1.29 is 14.9 Å². The molecule has 3 aliphatic rings. The van der Waals surface area contributed by atoms with Crippen LogP contribution in [0.15, 0.2) is 65.8 Å². The molecule has 2 unspecified atom stereocenters. The maximum atomic E-state index is 10.1. The Hall–Kier alpha value is -1.84. The second kappa shape index (κ2) is 9.34. The lowest BCUT2D eigenvalue weighted by Gasteiger charge is -2.44. The van der Waals surface area contributed by atoms with Gasteiger partial charge in [0.25, 0.3) is 0 Å². The van der Waals surface area contributed by atoms with Crippen LogP contribution in [0.3, 0.4) is 0 Å². The number of ether oxygens (including phenoxy) is 1. The van der Waals surface area contributed by atoms with Crippen molar-refractivity contribution in [1.82, 2.24) is 0 Å². The molecule has 0 bridgehead atoms. The molecule has 0 amide bonds. The summed E-state index contributed by atoms with van der Waals surface area (Å²) in [5.74, 6) is 2.81. The predicted octanol–water partition coefficient (Wildman–Crippen LogP) is 5.84. The number of hydrogen-bond acceptors (Lipinski definition) is 3. The summed E-state index contributed by atoms with van der Waals surface area (Å²) in [6.07, 6.45) is 10.7. The Labute approximate surface area is 187 Å². The number of aliphatic hydroxyl groups excluding tert-OH is 2. The monoisotopic (exact) mass is 422 g/mol. The van der Waals surface area contributed by atoms with Gasteiger partial charge >= 0.3 is 0 Å². The minimum absolute atomic E-state index is 0.335. The molecule has 0 spiro atoms.